The van der Waals surface area contributed by atoms with Crippen molar-refractivity contribution < 1.29 is 5.11 Å². The van der Waals surface area contributed by atoms with Crippen LogP contribution in [0, 0.1) is 12.8 Å². The molecule has 2 unspecified atom stereocenters. The Morgan fingerprint density at radius 3 is 2.70 bits per heavy atom. The van der Waals surface area contributed by atoms with Crippen molar-refractivity contribution >= 4 is 29.9 Å². The van der Waals surface area contributed by atoms with E-state index in [-0.39, 0.29) is 30.1 Å². The highest BCUT2D eigenvalue weighted by atomic mass is 127. The minimum absolute atomic E-state index is 0. The molecule has 0 aliphatic heterocycles. The molecule has 1 saturated carbocycles. The Labute approximate surface area is 157 Å². The van der Waals surface area contributed by atoms with Gasteiger partial charge < -0.3 is 15.3 Å². The monoisotopic (exact) mass is 431 g/mol. The number of aliphatic imine (C=N–C) groups is 1. The maximum atomic E-state index is 9.94. The predicted octanol–water partition coefficient (Wildman–Crippen LogP) is 3.17. The highest BCUT2D eigenvalue weighted by Crippen LogP contribution is 2.25. The second-order valence-corrected chi connectivity index (χ2v) is 6.24. The van der Waals surface area contributed by atoms with Crippen LogP contribution in [0.2, 0.25) is 0 Å². The average Bonchev–Trinajstić information content (AvgIpc) is 2.91. The van der Waals surface area contributed by atoms with E-state index in [1.807, 2.05) is 0 Å². The quantitative estimate of drug-likeness (QED) is 0.428. The molecule has 1 aliphatic carbocycles. The lowest BCUT2D eigenvalue weighted by atomic mass is 10.1. The van der Waals surface area contributed by atoms with Crippen LogP contribution >= 0.6 is 24.0 Å². The fourth-order valence-electron chi connectivity index (χ4n) is 3.02. The molecule has 23 heavy (non-hydrogen) atoms. The number of nitrogens with zero attached hydrogens (tertiary/aromatic N) is 2. The van der Waals surface area contributed by atoms with Crippen LogP contribution in [0.1, 0.15) is 37.3 Å². The highest BCUT2D eigenvalue weighted by molar-refractivity contribution is 14.0. The van der Waals surface area contributed by atoms with Crippen molar-refractivity contribution in [2.24, 2.45) is 10.9 Å². The van der Waals surface area contributed by atoms with Crippen LogP contribution < -0.4 is 5.32 Å². The zero-order valence-corrected chi connectivity index (χ0v) is 16.8. The summed E-state index contributed by atoms with van der Waals surface area (Å²) < 4.78 is 0. The lowest BCUT2D eigenvalue weighted by Gasteiger charge is -2.24. The van der Waals surface area contributed by atoms with E-state index < -0.39 is 0 Å². The largest absolute Gasteiger partial charge is 0.393 e. The molecule has 0 aromatic heterocycles. The molecule has 2 rings (SSSR count). The number of aryl methyl sites for hydroxylation is 1. The Balaban J connectivity index is 0.00000264. The van der Waals surface area contributed by atoms with Crippen LogP contribution in [0.5, 0.6) is 0 Å². The van der Waals surface area contributed by atoms with Gasteiger partial charge in [-0.1, -0.05) is 30.7 Å². The van der Waals surface area contributed by atoms with Crippen molar-refractivity contribution in [3.05, 3.63) is 35.4 Å². The van der Waals surface area contributed by atoms with Gasteiger partial charge >= 0.3 is 0 Å². The Bertz CT molecular complexity index is 507. The topological polar surface area (TPSA) is 47.9 Å². The van der Waals surface area contributed by atoms with Crippen molar-refractivity contribution in [3.8, 4) is 0 Å². The van der Waals surface area contributed by atoms with Crippen LogP contribution in [0.25, 0.3) is 0 Å². The lowest BCUT2D eigenvalue weighted by molar-refractivity contribution is 0.136. The second kappa shape index (κ2) is 10.1. The van der Waals surface area contributed by atoms with E-state index in [1.54, 1.807) is 0 Å². The third kappa shape index (κ3) is 5.95. The molecule has 1 aromatic rings. The number of rotatable bonds is 5. The van der Waals surface area contributed by atoms with Crippen LogP contribution in [0.3, 0.4) is 0 Å². The van der Waals surface area contributed by atoms with E-state index in [2.05, 4.69) is 55.4 Å². The van der Waals surface area contributed by atoms with Gasteiger partial charge in [-0.15, -0.1) is 24.0 Å². The fourth-order valence-corrected chi connectivity index (χ4v) is 3.02. The van der Waals surface area contributed by atoms with E-state index in [0.717, 1.165) is 38.3 Å². The molecule has 1 aliphatic rings. The van der Waals surface area contributed by atoms with Crippen molar-refractivity contribution in [2.75, 3.05) is 20.1 Å². The normalized spacial score (nSPS) is 21.0. The van der Waals surface area contributed by atoms with E-state index in [0.29, 0.717) is 12.5 Å². The van der Waals surface area contributed by atoms with Gasteiger partial charge in [-0.3, -0.25) is 4.99 Å². The summed E-state index contributed by atoms with van der Waals surface area (Å²) in [7, 11) is 2.07. The van der Waals surface area contributed by atoms with Gasteiger partial charge in [0, 0.05) is 32.6 Å². The molecular weight excluding hydrogens is 401 g/mol. The van der Waals surface area contributed by atoms with Crippen molar-refractivity contribution in [1.29, 1.82) is 0 Å². The molecule has 0 saturated heterocycles. The van der Waals surface area contributed by atoms with Crippen molar-refractivity contribution in [3.63, 3.8) is 0 Å². The van der Waals surface area contributed by atoms with Gasteiger partial charge in [0.15, 0.2) is 5.96 Å². The summed E-state index contributed by atoms with van der Waals surface area (Å²) in [6.45, 7) is 6.63. The number of aliphatic hydroxyl groups excluding tert-OH is 1. The Morgan fingerprint density at radius 1 is 1.35 bits per heavy atom. The van der Waals surface area contributed by atoms with E-state index in [9.17, 15) is 5.11 Å². The molecule has 0 bridgehead atoms. The first-order valence-electron chi connectivity index (χ1n) is 8.33. The van der Waals surface area contributed by atoms with Gasteiger partial charge in [0.05, 0.1) is 6.10 Å². The molecule has 130 valence electrons. The summed E-state index contributed by atoms with van der Waals surface area (Å²) in [4.78, 5) is 6.90. The Kier molecular flexibility index (Phi) is 8.91. The summed E-state index contributed by atoms with van der Waals surface area (Å²) in [5.74, 6) is 1.24. The number of nitrogens with one attached hydrogen (secondary N) is 1. The van der Waals surface area contributed by atoms with Crippen molar-refractivity contribution in [1.82, 2.24) is 10.2 Å². The third-order valence-corrected chi connectivity index (χ3v) is 4.46. The second-order valence-electron chi connectivity index (χ2n) is 6.24. The number of halogens is 1. The zero-order valence-electron chi connectivity index (χ0n) is 14.5. The van der Waals surface area contributed by atoms with Gasteiger partial charge in [-0.05, 0) is 37.8 Å². The van der Waals surface area contributed by atoms with Gasteiger partial charge in [0.2, 0.25) is 0 Å². The van der Waals surface area contributed by atoms with E-state index in [1.165, 1.54) is 11.1 Å². The highest BCUT2D eigenvalue weighted by Gasteiger charge is 2.25. The molecule has 1 fully saturated rings. The fraction of sp³-hybridized carbons (Fsp3) is 0.611. The van der Waals surface area contributed by atoms with Gasteiger partial charge in [-0.25, -0.2) is 0 Å². The summed E-state index contributed by atoms with van der Waals surface area (Å²) in [6.07, 6.45) is 2.96. The number of hydrogen-bond acceptors (Lipinski definition) is 2. The lowest BCUT2D eigenvalue weighted by Crippen LogP contribution is -2.39. The number of benzene rings is 1. The number of hydrogen-bond donors (Lipinski definition) is 2. The molecule has 0 amide bonds. The van der Waals surface area contributed by atoms with Crippen LogP contribution in [-0.2, 0) is 6.54 Å². The zero-order chi connectivity index (χ0) is 15.9. The molecule has 0 heterocycles. The van der Waals surface area contributed by atoms with Gasteiger partial charge in [-0.2, -0.15) is 0 Å². The first-order valence-corrected chi connectivity index (χ1v) is 8.33. The molecule has 2 atom stereocenters. The average molecular weight is 431 g/mol. The predicted molar refractivity (Wildman–Crippen MR) is 107 cm³/mol. The minimum Gasteiger partial charge on any atom is -0.393 e. The minimum atomic E-state index is -0.173. The smallest absolute Gasteiger partial charge is 0.193 e. The first kappa shape index (κ1) is 20.2. The standard InChI is InChI=1S/C18H29N3O.HI/c1-4-19-18(20-12-15-10-7-11-17(15)22)21(3)13-16-9-6-5-8-14(16)2;/h5-6,8-9,15,17,22H,4,7,10-13H2,1-3H3,(H,19,20);1H. The molecular formula is C18H30IN3O. The van der Waals surface area contributed by atoms with Crippen LogP contribution in [-0.4, -0.2) is 42.2 Å². The van der Waals surface area contributed by atoms with Crippen LogP contribution in [0.4, 0.5) is 0 Å². The molecule has 5 heteroatoms. The maximum Gasteiger partial charge on any atom is 0.193 e. The molecule has 1 aromatic carbocycles. The summed E-state index contributed by atoms with van der Waals surface area (Å²) >= 11 is 0. The summed E-state index contributed by atoms with van der Waals surface area (Å²) in [5.41, 5.74) is 2.62. The van der Waals surface area contributed by atoms with E-state index >= 15 is 0 Å². The summed E-state index contributed by atoms with van der Waals surface area (Å²) in [6, 6.07) is 8.45. The number of guanidine groups is 1. The van der Waals surface area contributed by atoms with Gasteiger partial charge in [0.25, 0.3) is 0 Å². The maximum absolute atomic E-state index is 9.94. The van der Waals surface area contributed by atoms with Gasteiger partial charge in [0.1, 0.15) is 0 Å². The molecule has 4 nitrogen and oxygen atoms in total. The SMILES string of the molecule is CCNC(=NCC1CCCC1O)N(C)Cc1ccccc1C.I. The third-order valence-electron chi connectivity index (χ3n) is 4.46. The number of aliphatic hydroxyl groups is 1. The summed E-state index contributed by atoms with van der Waals surface area (Å²) in [5, 5.41) is 13.3. The first-order chi connectivity index (χ1) is 10.6. The molecule has 2 N–H and O–H groups in total. The molecule has 0 radical (unpaired) electrons. The van der Waals surface area contributed by atoms with Crippen molar-refractivity contribution in [2.45, 2.75) is 45.8 Å². The van der Waals surface area contributed by atoms with Crippen LogP contribution in [0.15, 0.2) is 29.3 Å². The van der Waals surface area contributed by atoms with E-state index in [4.69, 9.17) is 4.99 Å². The Morgan fingerprint density at radius 2 is 2.09 bits per heavy atom. The molecule has 0 spiro atoms. The Hall–Kier alpha value is -0.820.